The third kappa shape index (κ3) is 15.7. The second-order valence-corrected chi connectivity index (χ2v) is 22.8. The van der Waals surface area contributed by atoms with Gasteiger partial charge in [0.1, 0.15) is 36.6 Å². The molecule has 0 spiro atoms. The lowest BCUT2D eigenvalue weighted by Gasteiger charge is -2.48. The van der Waals surface area contributed by atoms with Crippen molar-refractivity contribution in [3.63, 3.8) is 0 Å². The Morgan fingerprint density at radius 1 is 0.919 bits per heavy atom. The average Bonchev–Trinajstić information content (AvgIpc) is 3.35. The summed E-state index contributed by atoms with van der Waals surface area (Å²) in [6, 6.07) is 7.96. The van der Waals surface area contributed by atoms with Crippen LogP contribution in [0.15, 0.2) is 30.3 Å². The molecular formula is C54H93N5O15. The van der Waals surface area contributed by atoms with Gasteiger partial charge in [-0.15, -0.1) is 0 Å². The highest BCUT2D eigenvalue weighted by Gasteiger charge is 2.53. The van der Waals surface area contributed by atoms with E-state index in [1.807, 2.05) is 68.1 Å². The molecule has 424 valence electrons. The van der Waals surface area contributed by atoms with Crippen LogP contribution in [0.2, 0.25) is 0 Å². The Balaban J connectivity index is 1.36. The normalized spacial score (nSPS) is 39.6. The quantitative estimate of drug-likeness (QED) is 0.104. The molecule has 7 N–H and O–H groups in total. The Morgan fingerprint density at radius 2 is 1.58 bits per heavy atom. The van der Waals surface area contributed by atoms with Crippen molar-refractivity contribution in [3.05, 3.63) is 35.9 Å². The summed E-state index contributed by atoms with van der Waals surface area (Å²) in [7, 11) is 5.24. The number of aliphatic hydroxyl groups excluding tert-OH is 3. The summed E-state index contributed by atoms with van der Waals surface area (Å²) in [5.41, 5.74) is -3.79. The monoisotopic (exact) mass is 1050 g/mol. The average molecular weight is 1050 g/mol. The maximum Gasteiger partial charge on any atom is 0.410 e. The van der Waals surface area contributed by atoms with Gasteiger partial charge >= 0.3 is 18.1 Å². The van der Waals surface area contributed by atoms with Gasteiger partial charge < -0.3 is 79.1 Å². The number of hydrogen-bond donors (Lipinski definition) is 7. The Morgan fingerprint density at radius 3 is 2.20 bits per heavy atom. The standard InChI is InChI=1S/C54H93N5O15/c1-14-41-54(10,67)45(61)36(6)59(24-18-23-55-50(64)56-39-21-25-58(26-22-39)51(65)69-31-38-19-16-15-17-20-38)30-32(2)28-52(8,66)47(74-49-43(60)40(57(11)12)27-33(3)70-49)34(4)44(35(5)48(63)72-41)73-42-29-53(9,68-13)46(62)37(7)71-42/h15-17,19-20,32-37,39-47,49,60-62,66-67H,14,18,21-31H2,1-13H3,(H2,55,56,64)/t32-,33-,34+,35-,36-,37+,40+,41-,42+,43-,44+,45-,46+,47-,49+,52-,53-,54-/m1/s1. The van der Waals surface area contributed by atoms with Gasteiger partial charge in [-0.25, -0.2) is 9.59 Å². The van der Waals surface area contributed by atoms with Gasteiger partial charge in [0, 0.05) is 70.3 Å². The van der Waals surface area contributed by atoms with Gasteiger partial charge in [0.05, 0.1) is 41.5 Å². The van der Waals surface area contributed by atoms with Crippen LogP contribution in [0, 0.1) is 17.8 Å². The SMILES string of the molecule is CC[C@H]1OC(=O)[C@H](C)[C@@H](O[C@H]2C[C@@](C)(OC)[C@@H](O)[C@H](C)O2)[C@H](C)[C@@H](O[C@@H]2O[C@H](C)C[C@H](N(C)C)[C@H]2O)[C@](C)(O)C[C@@H](C)CN(CCCNC(=O)NC2CCN(C(=O)OCc3ccccc3)CC2)[C@H](C)[C@@H](O)[C@]1(C)O. The van der Waals surface area contributed by atoms with E-state index in [1.54, 1.807) is 53.4 Å². The highest BCUT2D eigenvalue weighted by Crippen LogP contribution is 2.40. The van der Waals surface area contributed by atoms with Crippen molar-refractivity contribution < 1.29 is 73.1 Å². The predicted octanol–water partition coefficient (Wildman–Crippen LogP) is 3.76. The van der Waals surface area contributed by atoms with Crippen LogP contribution in [-0.4, -0.2) is 209 Å². The number of ether oxygens (including phenoxy) is 7. The van der Waals surface area contributed by atoms with Gasteiger partial charge in [0.2, 0.25) is 0 Å². The van der Waals surface area contributed by atoms with Crippen molar-refractivity contribution in [1.29, 1.82) is 0 Å². The number of esters is 1. The first-order valence-electron chi connectivity index (χ1n) is 27.0. The first-order valence-corrected chi connectivity index (χ1v) is 27.0. The van der Waals surface area contributed by atoms with Crippen molar-refractivity contribution in [2.24, 2.45) is 17.8 Å². The molecule has 74 heavy (non-hydrogen) atoms. The Bertz CT molecular complexity index is 1910. The molecule has 1 aromatic rings. The van der Waals surface area contributed by atoms with E-state index in [0.717, 1.165) is 5.56 Å². The van der Waals surface area contributed by atoms with E-state index >= 15 is 0 Å². The molecule has 20 heteroatoms. The Labute approximate surface area is 440 Å². The molecule has 5 rings (SSSR count). The number of cyclic esters (lactones) is 1. The van der Waals surface area contributed by atoms with E-state index < -0.39 is 96.0 Å². The molecule has 0 unspecified atom stereocenters. The van der Waals surface area contributed by atoms with E-state index in [2.05, 4.69) is 10.6 Å². The molecule has 4 heterocycles. The summed E-state index contributed by atoms with van der Waals surface area (Å²) in [6.07, 6.45) is -8.02. The zero-order valence-corrected chi connectivity index (χ0v) is 46.5. The minimum absolute atomic E-state index is 0.0901. The van der Waals surface area contributed by atoms with Gasteiger partial charge in [-0.3, -0.25) is 9.69 Å². The van der Waals surface area contributed by atoms with E-state index in [-0.39, 0.29) is 68.6 Å². The number of carbonyl (C=O) groups is 3. The molecule has 1 aromatic carbocycles. The summed E-state index contributed by atoms with van der Waals surface area (Å²) < 4.78 is 43.6. The summed E-state index contributed by atoms with van der Waals surface area (Å²) in [6.45, 7) is 19.5. The summed E-state index contributed by atoms with van der Waals surface area (Å²) in [5, 5.41) is 66.1. The zero-order chi connectivity index (χ0) is 54.9. The number of methoxy groups -OCH3 is 1. The molecule has 0 saturated carbocycles. The van der Waals surface area contributed by atoms with Crippen LogP contribution in [0.1, 0.15) is 120 Å². The van der Waals surface area contributed by atoms with Crippen LogP contribution in [-0.2, 0) is 44.6 Å². The zero-order valence-electron chi connectivity index (χ0n) is 46.5. The third-order valence-corrected chi connectivity index (χ3v) is 16.2. The lowest BCUT2D eigenvalue weighted by atomic mass is 9.77. The Kier molecular flexibility index (Phi) is 22.4. The summed E-state index contributed by atoms with van der Waals surface area (Å²) in [4.78, 5) is 46.0. The van der Waals surface area contributed by atoms with Crippen LogP contribution in [0.3, 0.4) is 0 Å². The minimum atomic E-state index is -1.94. The molecule has 3 amide bonds. The molecular weight excluding hydrogens is 959 g/mol. The van der Waals surface area contributed by atoms with E-state index in [1.165, 1.54) is 14.0 Å². The van der Waals surface area contributed by atoms with Crippen LogP contribution < -0.4 is 10.6 Å². The van der Waals surface area contributed by atoms with Gasteiger partial charge in [-0.2, -0.15) is 0 Å². The van der Waals surface area contributed by atoms with Gasteiger partial charge in [-0.05, 0) is 113 Å². The number of amides is 3. The van der Waals surface area contributed by atoms with E-state index in [9.17, 15) is 39.9 Å². The van der Waals surface area contributed by atoms with E-state index in [4.69, 9.17) is 33.2 Å². The number of hydrogen-bond acceptors (Lipinski definition) is 17. The fraction of sp³-hybridized carbons (Fsp3) is 0.833. The first kappa shape index (κ1) is 61.6. The minimum Gasteiger partial charge on any atom is -0.459 e. The molecule has 4 aliphatic rings. The topological polar surface area (TPSA) is 251 Å². The molecule has 4 aliphatic heterocycles. The lowest BCUT2D eigenvalue weighted by Crippen LogP contribution is -2.60. The van der Waals surface area contributed by atoms with E-state index in [0.29, 0.717) is 51.9 Å². The maximum absolute atomic E-state index is 14.6. The van der Waals surface area contributed by atoms with Crippen molar-refractivity contribution >= 4 is 18.1 Å². The molecule has 0 aromatic heterocycles. The predicted molar refractivity (Wildman–Crippen MR) is 275 cm³/mol. The number of urea groups is 1. The van der Waals surface area contributed by atoms with Crippen molar-refractivity contribution in [3.8, 4) is 0 Å². The molecule has 18 atom stereocenters. The fourth-order valence-corrected chi connectivity index (χ4v) is 11.6. The molecule has 0 aliphatic carbocycles. The number of piperidine rings is 1. The van der Waals surface area contributed by atoms with Crippen molar-refractivity contribution in [1.82, 2.24) is 25.3 Å². The number of likely N-dealkylation sites (tertiary alicyclic amines) is 1. The largest absolute Gasteiger partial charge is 0.459 e. The number of aliphatic hydroxyl groups is 5. The second kappa shape index (κ2) is 26.9. The molecule has 4 fully saturated rings. The highest BCUT2D eigenvalue weighted by atomic mass is 16.7. The van der Waals surface area contributed by atoms with Crippen LogP contribution in [0.4, 0.5) is 9.59 Å². The molecule has 20 nitrogen and oxygen atoms in total. The number of benzene rings is 1. The molecule has 0 radical (unpaired) electrons. The van der Waals surface area contributed by atoms with Crippen LogP contribution in [0.25, 0.3) is 0 Å². The van der Waals surface area contributed by atoms with Crippen LogP contribution >= 0.6 is 0 Å². The van der Waals surface area contributed by atoms with Crippen molar-refractivity contribution in [2.75, 3.05) is 53.9 Å². The summed E-state index contributed by atoms with van der Waals surface area (Å²) >= 11 is 0. The molecule has 4 saturated heterocycles. The lowest BCUT2D eigenvalue weighted by molar-refractivity contribution is -0.318. The molecule has 0 bridgehead atoms. The second-order valence-electron chi connectivity index (χ2n) is 22.8. The summed E-state index contributed by atoms with van der Waals surface area (Å²) in [5.74, 6) is -2.94. The number of rotatable bonds is 14. The number of nitrogens with one attached hydrogen (secondary N) is 2. The number of nitrogens with zero attached hydrogens (tertiary/aromatic N) is 3. The van der Waals surface area contributed by atoms with Gasteiger partial charge in [0.15, 0.2) is 12.6 Å². The van der Waals surface area contributed by atoms with Crippen molar-refractivity contribution in [2.45, 2.75) is 217 Å². The van der Waals surface area contributed by atoms with Gasteiger partial charge in [0.25, 0.3) is 0 Å². The third-order valence-electron chi connectivity index (χ3n) is 16.2. The van der Waals surface area contributed by atoms with Crippen LogP contribution in [0.5, 0.6) is 0 Å². The maximum atomic E-state index is 14.6. The smallest absolute Gasteiger partial charge is 0.410 e. The fourth-order valence-electron chi connectivity index (χ4n) is 11.6. The number of likely N-dealkylation sites (N-methyl/N-ethyl adjacent to an activating group) is 1. The Hall–Kier alpha value is -3.25. The first-order chi connectivity index (χ1) is 34.7. The number of carbonyl (C=O) groups excluding carboxylic acids is 3. The highest BCUT2D eigenvalue weighted by molar-refractivity contribution is 5.74. The van der Waals surface area contributed by atoms with Gasteiger partial charge in [-0.1, -0.05) is 51.1 Å².